The SMILES string of the molecule is Cc1nnc(NS(=O)(=O)c2ccc(CO)cc2F)nc1C. The number of aryl methyl sites for hydroxylation is 2. The molecule has 2 N–H and O–H groups in total. The lowest BCUT2D eigenvalue weighted by molar-refractivity contribution is 0.281. The van der Waals surface area contributed by atoms with Crippen molar-refractivity contribution in [1.29, 1.82) is 0 Å². The number of benzene rings is 1. The maximum Gasteiger partial charge on any atom is 0.267 e. The van der Waals surface area contributed by atoms with E-state index in [0.29, 0.717) is 11.4 Å². The molecule has 0 spiro atoms. The molecule has 1 aromatic carbocycles. The monoisotopic (exact) mass is 312 g/mol. The van der Waals surface area contributed by atoms with Crippen molar-refractivity contribution in [2.75, 3.05) is 4.72 Å². The highest BCUT2D eigenvalue weighted by molar-refractivity contribution is 7.92. The number of rotatable bonds is 4. The Balaban J connectivity index is 2.36. The highest BCUT2D eigenvalue weighted by Gasteiger charge is 2.21. The fourth-order valence-electron chi connectivity index (χ4n) is 1.54. The summed E-state index contributed by atoms with van der Waals surface area (Å²) in [6.45, 7) is 2.95. The Kier molecular flexibility index (Phi) is 4.14. The van der Waals surface area contributed by atoms with Gasteiger partial charge in [-0.05, 0) is 31.5 Å². The third-order valence-corrected chi connectivity index (χ3v) is 4.15. The fourth-order valence-corrected chi connectivity index (χ4v) is 2.54. The second kappa shape index (κ2) is 5.70. The molecule has 21 heavy (non-hydrogen) atoms. The van der Waals surface area contributed by atoms with E-state index >= 15 is 0 Å². The molecule has 112 valence electrons. The number of nitrogens with zero attached hydrogens (tertiary/aromatic N) is 3. The largest absolute Gasteiger partial charge is 0.392 e. The van der Waals surface area contributed by atoms with E-state index < -0.39 is 20.7 Å². The van der Waals surface area contributed by atoms with Gasteiger partial charge >= 0.3 is 0 Å². The maximum absolute atomic E-state index is 13.8. The van der Waals surface area contributed by atoms with Gasteiger partial charge < -0.3 is 5.11 Å². The van der Waals surface area contributed by atoms with Crippen molar-refractivity contribution in [1.82, 2.24) is 15.2 Å². The van der Waals surface area contributed by atoms with Crippen molar-refractivity contribution in [2.24, 2.45) is 0 Å². The van der Waals surface area contributed by atoms with Gasteiger partial charge in [-0.3, -0.25) is 0 Å². The molecule has 0 radical (unpaired) electrons. The average molecular weight is 312 g/mol. The first-order valence-corrected chi connectivity index (χ1v) is 7.42. The van der Waals surface area contributed by atoms with E-state index in [1.54, 1.807) is 13.8 Å². The normalized spacial score (nSPS) is 11.4. The summed E-state index contributed by atoms with van der Waals surface area (Å²) in [6.07, 6.45) is 0. The molecule has 0 unspecified atom stereocenters. The first-order valence-electron chi connectivity index (χ1n) is 5.93. The van der Waals surface area contributed by atoms with Crippen LogP contribution in [0.3, 0.4) is 0 Å². The third kappa shape index (κ3) is 3.31. The molecular weight excluding hydrogens is 299 g/mol. The quantitative estimate of drug-likeness (QED) is 0.870. The van der Waals surface area contributed by atoms with Crippen molar-refractivity contribution in [3.05, 3.63) is 41.0 Å². The van der Waals surface area contributed by atoms with Crippen molar-refractivity contribution >= 4 is 16.0 Å². The predicted octanol–water partition coefficient (Wildman–Crippen LogP) is 0.921. The molecule has 9 heteroatoms. The molecule has 1 aromatic heterocycles. The minimum Gasteiger partial charge on any atom is -0.392 e. The van der Waals surface area contributed by atoms with Crippen molar-refractivity contribution < 1.29 is 17.9 Å². The first-order chi connectivity index (χ1) is 9.83. The van der Waals surface area contributed by atoms with Crippen molar-refractivity contribution in [3.8, 4) is 0 Å². The second-order valence-corrected chi connectivity index (χ2v) is 5.99. The number of aliphatic hydroxyl groups is 1. The smallest absolute Gasteiger partial charge is 0.267 e. The number of nitrogens with one attached hydrogen (secondary N) is 1. The van der Waals surface area contributed by atoms with Crippen molar-refractivity contribution in [2.45, 2.75) is 25.3 Å². The molecule has 2 aromatic rings. The van der Waals surface area contributed by atoms with E-state index in [0.717, 1.165) is 12.1 Å². The van der Waals surface area contributed by atoms with E-state index in [9.17, 15) is 12.8 Å². The highest BCUT2D eigenvalue weighted by atomic mass is 32.2. The topological polar surface area (TPSA) is 105 Å². The van der Waals surface area contributed by atoms with E-state index in [2.05, 4.69) is 19.9 Å². The number of aliphatic hydroxyl groups excluding tert-OH is 1. The van der Waals surface area contributed by atoms with E-state index in [1.807, 2.05) is 0 Å². The zero-order valence-corrected chi connectivity index (χ0v) is 12.1. The molecule has 0 saturated carbocycles. The Morgan fingerprint density at radius 1 is 1.24 bits per heavy atom. The Labute approximate surface area is 120 Å². The van der Waals surface area contributed by atoms with Gasteiger partial charge in [0.1, 0.15) is 10.7 Å². The third-order valence-electron chi connectivity index (χ3n) is 2.79. The molecule has 0 aliphatic rings. The van der Waals surface area contributed by atoms with E-state index in [4.69, 9.17) is 5.11 Å². The van der Waals surface area contributed by atoms with Gasteiger partial charge in [0, 0.05) is 0 Å². The van der Waals surface area contributed by atoms with Crippen LogP contribution in [0.1, 0.15) is 17.0 Å². The summed E-state index contributed by atoms with van der Waals surface area (Å²) >= 11 is 0. The Morgan fingerprint density at radius 2 is 1.95 bits per heavy atom. The minimum absolute atomic E-state index is 0.233. The highest BCUT2D eigenvalue weighted by Crippen LogP contribution is 2.18. The van der Waals surface area contributed by atoms with Crippen LogP contribution in [0.15, 0.2) is 23.1 Å². The second-order valence-electron chi connectivity index (χ2n) is 4.33. The van der Waals surface area contributed by atoms with Crippen LogP contribution < -0.4 is 4.72 Å². The number of hydrogen-bond donors (Lipinski definition) is 2. The summed E-state index contributed by atoms with van der Waals surface area (Å²) < 4.78 is 40.1. The number of sulfonamides is 1. The zero-order valence-electron chi connectivity index (χ0n) is 11.3. The summed E-state index contributed by atoms with van der Waals surface area (Å²) in [6, 6.07) is 3.34. The van der Waals surface area contributed by atoms with E-state index in [-0.39, 0.29) is 18.1 Å². The first kappa shape index (κ1) is 15.3. The van der Waals surface area contributed by atoms with Gasteiger partial charge in [-0.25, -0.2) is 22.5 Å². The molecule has 0 saturated heterocycles. The number of hydrogen-bond acceptors (Lipinski definition) is 6. The summed E-state index contributed by atoms with van der Waals surface area (Å²) in [7, 11) is -4.17. The van der Waals surface area contributed by atoms with Gasteiger partial charge in [-0.2, -0.15) is 5.10 Å². The van der Waals surface area contributed by atoms with Gasteiger partial charge in [0.15, 0.2) is 0 Å². The molecule has 0 atom stereocenters. The molecule has 1 heterocycles. The molecule has 0 amide bonds. The van der Waals surface area contributed by atoms with Crippen LogP contribution in [-0.4, -0.2) is 28.7 Å². The Hall–Kier alpha value is -2.13. The molecule has 7 nitrogen and oxygen atoms in total. The molecule has 0 fully saturated rings. The Bertz CT molecular complexity index is 780. The number of aromatic nitrogens is 3. The van der Waals surface area contributed by atoms with Crippen LogP contribution in [-0.2, 0) is 16.6 Å². The predicted molar refractivity (Wildman–Crippen MR) is 72.4 cm³/mol. The van der Waals surface area contributed by atoms with Gasteiger partial charge in [0.2, 0.25) is 0 Å². The van der Waals surface area contributed by atoms with Crippen LogP contribution in [0.2, 0.25) is 0 Å². The van der Waals surface area contributed by atoms with Gasteiger partial charge in [0.05, 0.1) is 18.0 Å². The number of halogens is 1. The van der Waals surface area contributed by atoms with Gasteiger partial charge in [-0.15, -0.1) is 5.10 Å². The van der Waals surface area contributed by atoms with Gasteiger partial charge in [-0.1, -0.05) is 6.07 Å². The summed E-state index contributed by atoms with van der Waals surface area (Å²) in [5, 5.41) is 16.2. The molecular formula is C12H13FN4O3S. The molecule has 0 aliphatic heterocycles. The lowest BCUT2D eigenvalue weighted by Crippen LogP contribution is -2.17. The van der Waals surface area contributed by atoms with Crippen LogP contribution in [0, 0.1) is 19.7 Å². The summed E-state index contributed by atoms with van der Waals surface area (Å²) in [5.74, 6) is -1.20. The van der Waals surface area contributed by atoms with E-state index in [1.165, 1.54) is 6.07 Å². The van der Waals surface area contributed by atoms with Crippen LogP contribution in [0.25, 0.3) is 0 Å². The van der Waals surface area contributed by atoms with Crippen LogP contribution in [0.4, 0.5) is 10.3 Å². The fraction of sp³-hybridized carbons (Fsp3) is 0.250. The summed E-state index contributed by atoms with van der Waals surface area (Å²) in [5.41, 5.74) is 1.35. The molecule has 2 rings (SSSR count). The van der Waals surface area contributed by atoms with Crippen LogP contribution in [0.5, 0.6) is 0 Å². The standard InChI is InChI=1S/C12H13FN4O3S/c1-7-8(2)15-16-12(14-7)17-21(19,20)11-4-3-9(6-18)5-10(11)13/h3-5,18H,6H2,1-2H3,(H,14,16,17). The number of anilines is 1. The average Bonchev–Trinajstić information content (AvgIpc) is 2.42. The van der Waals surface area contributed by atoms with Crippen molar-refractivity contribution in [3.63, 3.8) is 0 Å². The summed E-state index contributed by atoms with van der Waals surface area (Å²) in [4.78, 5) is 3.37. The lowest BCUT2D eigenvalue weighted by atomic mass is 10.2. The molecule has 0 aliphatic carbocycles. The lowest BCUT2D eigenvalue weighted by Gasteiger charge is -2.08. The Morgan fingerprint density at radius 3 is 2.52 bits per heavy atom. The zero-order chi connectivity index (χ0) is 15.6. The van der Waals surface area contributed by atoms with Gasteiger partial charge in [0.25, 0.3) is 16.0 Å². The molecule has 0 bridgehead atoms. The maximum atomic E-state index is 13.8. The van der Waals surface area contributed by atoms with Crippen LogP contribution >= 0.6 is 0 Å². The minimum atomic E-state index is -4.17.